The van der Waals surface area contributed by atoms with Crippen LogP contribution < -0.4 is 0 Å². The number of hydrogen-bond acceptors (Lipinski definition) is 1. The lowest BCUT2D eigenvalue weighted by molar-refractivity contribution is -0.129. The van der Waals surface area contributed by atoms with Crippen molar-refractivity contribution in [1.29, 1.82) is 0 Å². The third kappa shape index (κ3) is 5.81. The molecule has 0 saturated heterocycles. The number of hydrogen-bond donors (Lipinski definition) is 0. The van der Waals surface area contributed by atoms with Gasteiger partial charge in [0.05, 0.1) is 0 Å². The van der Waals surface area contributed by atoms with E-state index in [2.05, 4.69) is 32.9 Å². The number of carbonyl (C=O) groups excluding carboxylic acids is 1. The summed E-state index contributed by atoms with van der Waals surface area (Å²) >= 11 is 0. The van der Waals surface area contributed by atoms with Gasteiger partial charge in [-0.2, -0.15) is 0 Å². The number of ketones is 1. The Morgan fingerprint density at radius 3 is 2.50 bits per heavy atom. The van der Waals surface area contributed by atoms with Crippen molar-refractivity contribution in [2.75, 3.05) is 0 Å². The van der Waals surface area contributed by atoms with Gasteiger partial charge in [-0.05, 0) is 43.9 Å². The molecule has 0 aromatic carbocycles. The summed E-state index contributed by atoms with van der Waals surface area (Å²) < 4.78 is 0. The molecule has 3 atom stereocenters. The second kappa shape index (κ2) is 10.2. The lowest BCUT2D eigenvalue weighted by Crippen LogP contribution is -2.33. The first-order chi connectivity index (χ1) is 9.72. The first kappa shape index (κ1) is 17.5. The van der Waals surface area contributed by atoms with Gasteiger partial charge in [-0.15, -0.1) is 0 Å². The Labute approximate surface area is 126 Å². The van der Waals surface area contributed by atoms with Gasteiger partial charge in [-0.3, -0.25) is 4.79 Å². The second-order valence-corrected chi connectivity index (χ2v) is 6.53. The molecule has 1 fully saturated rings. The van der Waals surface area contributed by atoms with E-state index in [9.17, 15) is 4.79 Å². The van der Waals surface area contributed by atoms with Gasteiger partial charge in [-0.25, -0.2) is 0 Å². The van der Waals surface area contributed by atoms with Crippen molar-refractivity contribution in [1.82, 2.24) is 0 Å². The van der Waals surface area contributed by atoms with Crippen LogP contribution in [-0.4, -0.2) is 5.78 Å². The third-order valence-electron chi connectivity index (χ3n) is 4.78. The number of unbranched alkanes of at least 4 members (excludes halogenated alkanes) is 1. The predicted molar refractivity (Wildman–Crippen MR) is 87.8 cm³/mol. The molecule has 1 aliphatic carbocycles. The fourth-order valence-corrected chi connectivity index (χ4v) is 3.72. The topological polar surface area (TPSA) is 17.1 Å². The van der Waals surface area contributed by atoms with E-state index in [4.69, 9.17) is 0 Å². The fraction of sp³-hybridized carbons (Fsp3) is 0.842. The zero-order chi connectivity index (χ0) is 14.8. The molecule has 0 heterocycles. The van der Waals surface area contributed by atoms with Crippen molar-refractivity contribution >= 4 is 5.78 Å². The quantitative estimate of drug-likeness (QED) is 0.477. The maximum atomic E-state index is 12.5. The minimum Gasteiger partial charge on any atom is -0.299 e. The molecule has 116 valence electrons. The molecule has 1 aliphatic rings. The van der Waals surface area contributed by atoms with Crippen LogP contribution in [0.5, 0.6) is 0 Å². The molecule has 0 N–H and O–H groups in total. The van der Waals surface area contributed by atoms with Crippen molar-refractivity contribution in [2.24, 2.45) is 17.8 Å². The molecule has 1 saturated carbocycles. The Balaban J connectivity index is 2.51. The normalized spacial score (nSPS) is 27.4. The molecule has 0 aromatic rings. The Hall–Kier alpha value is -0.590. The molecule has 0 radical (unpaired) electrons. The highest BCUT2D eigenvalue weighted by atomic mass is 16.1. The summed E-state index contributed by atoms with van der Waals surface area (Å²) in [5.74, 6) is 2.29. The highest BCUT2D eigenvalue weighted by Gasteiger charge is 2.34. The monoisotopic (exact) mass is 278 g/mol. The lowest BCUT2D eigenvalue weighted by Gasteiger charge is -2.35. The smallest absolute Gasteiger partial charge is 0.136 e. The van der Waals surface area contributed by atoms with Crippen LogP contribution in [-0.2, 0) is 4.79 Å². The van der Waals surface area contributed by atoms with Gasteiger partial charge < -0.3 is 0 Å². The minimum absolute atomic E-state index is 0.386. The van der Waals surface area contributed by atoms with E-state index in [0.717, 1.165) is 25.7 Å². The molecular weight excluding hydrogens is 244 g/mol. The summed E-state index contributed by atoms with van der Waals surface area (Å²) in [7, 11) is 0. The molecule has 20 heavy (non-hydrogen) atoms. The predicted octanol–water partition coefficient (Wildman–Crippen LogP) is 5.93. The second-order valence-electron chi connectivity index (χ2n) is 6.53. The van der Waals surface area contributed by atoms with Crippen LogP contribution in [0, 0.1) is 17.8 Å². The molecule has 0 bridgehead atoms. The molecular formula is C19H34O. The first-order valence-electron chi connectivity index (χ1n) is 8.90. The van der Waals surface area contributed by atoms with Crippen molar-refractivity contribution in [3.63, 3.8) is 0 Å². The van der Waals surface area contributed by atoms with Gasteiger partial charge in [0.15, 0.2) is 0 Å². The summed E-state index contributed by atoms with van der Waals surface area (Å²) in [6.45, 7) is 6.66. The van der Waals surface area contributed by atoms with E-state index in [-0.39, 0.29) is 0 Å². The average molecular weight is 278 g/mol. The standard InChI is InChI=1S/C19H34O/c1-4-7-9-10-12-16-14-17(11-6-3)18(13-8-5-2)19(20)15-16/h7,9,16-18H,4-6,8,10-15H2,1-3H3/b9-7-/t16-,17+,18?/m0/s1. The van der Waals surface area contributed by atoms with E-state index < -0.39 is 0 Å². The largest absolute Gasteiger partial charge is 0.299 e. The van der Waals surface area contributed by atoms with Gasteiger partial charge in [0, 0.05) is 12.3 Å². The van der Waals surface area contributed by atoms with Crippen molar-refractivity contribution in [3.05, 3.63) is 12.2 Å². The van der Waals surface area contributed by atoms with Gasteiger partial charge >= 0.3 is 0 Å². The fourth-order valence-electron chi connectivity index (χ4n) is 3.72. The van der Waals surface area contributed by atoms with Gasteiger partial charge in [0.1, 0.15) is 5.78 Å². The summed E-state index contributed by atoms with van der Waals surface area (Å²) in [4.78, 5) is 12.5. The lowest BCUT2D eigenvalue weighted by atomic mass is 9.69. The molecule has 1 heteroatoms. The van der Waals surface area contributed by atoms with Crippen LogP contribution in [0.2, 0.25) is 0 Å². The van der Waals surface area contributed by atoms with Crippen LogP contribution in [0.1, 0.15) is 85.0 Å². The Bertz CT molecular complexity index is 292. The van der Waals surface area contributed by atoms with Crippen LogP contribution in [0.25, 0.3) is 0 Å². The summed E-state index contributed by atoms with van der Waals surface area (Å²) in [6.07, 6.45) is 16.2. The van der Waals surface area contributed by atoms with E-state index >= 15 is 0 Å². The maximum absolute atomic E-state index is 12.5. The maximum Gasteiger partial charge on any atom is 0.136 e. The zero-order valence-corrected chi connectivity index (χ0v) is 13.9. The average Bonchev–Trinajstić information content (AvgIpc) is 2.43. The Morgan fingerprint density at radius 1 is 1.05 bits per heavy atom. The Kier molecular flexibility index (Phi) is 8.89. The van der Waals surface area contributed by atoms with Crippen molar-refractivity contribution in [3.8, 4) is 0 Å². The minimum atomic E-state index is 0.386. The molecule has 1 rings (SSSR count). The molecule has 0 spiro atoms. The van der Waals surface area contributed by atoms with Gasteiger partial charge in [0.25, 0.3) is 0 Å². The van der Waals surface area contributed by atoms with Crippen molar-refractivity contribution in [2.45, 2.75) is 85.0 Å². The summed E-state index contributed by atoms with van der Waals surface area (Å²) in [6, 6.07) is 0. The zero-order valence-electron chi connectivity index (χ0n) is 13.9. The first-order valence-corrected chi connectivity index (χ1v) is 8.90. The van der Waals surface area contributed by atoms with Crippen molar-refractivity contribution < 1.29 is 4.79 Å². The summed E-state index contributed by atoms with van der Waals surface area (Å²) in [5.41, 5.74) is 0. The van der Waals surface area contributed by atoms with Crippen LogP contribution >= 0.6 is 0 Å². The Morgan fingerprint density at radius 2 is 1.85 bits per heavy atom. The third-order valence-corrected chi connectivity index (χ3v) is 4.78. The number of Topliss-reactive ketones (excluding diaryl/α,β-unsaturated/α-hetero) is 1. The molecule has 1 unspecified atom stereocenters. The summed E-state index contributed by atoms with van der Waals surface area (Å²) in [5, 5.41) is 0. The van der Waals surface area contributed by atoms with E-state index in [0.29, 0.717) is 23.5 Å². The van der Waals surface area contributed by atoms with Crippen LogP contribution in [0.3, 0.4) is 0 Å². The van der Waals surface area contributed by atoms with E-state index in [1.165, 1.54) is 38.5 Å². The molecule has 0 aromatic heterocycles. The highest BCUT2D eigenvalue weighted by molar-refractivity contribution is 5.82. The van der Waals surface area contributed by atoms with Crippen LogP contribution in [0.15, 0.2) is 12.2 Å². The molecule has 1 nitrogen and oxygen atoms in total. The highest BCUT2D eigenvalue weighted by Crippen LogP contribution is 2.38. The number of allylic oxidation sites excluding steroid dienone is 2. The van der Waals surface area contributed by atoms with E-state index in [1.54, 1.807) is 0 Å². The van der Waals surface area contributed by atoms with Crippen LogP contribution in [0.4, 0.5) is 0 Å². The number of rotatable bonds is 9. The molecule has 0 amide bonds. The van der Waals surface area contributed by atoms with Gasteiger partial charge in [0.2, 0.25) is 0 Å². The SMILES string of the molecule is CC/C=C\CC[C@@H]1CC(=O)C(CCCC)[C@H](CCC)C1. The number of carbonyl (C=O) groups is 1. The van der Waals surface area contributed by atoms with Gasteiger partial charge in [-0.1, -0.05) is 58.6 Å². The van der Waals surface area contributed by atoms with E-state index in [1.807, 2.05) is 0 Å². The molecule has 0 aliphatic heterocycles.